The lowest BCUT2D eigenvalue weighted by atomic mass is 10.0. The highest BCUT2D eigenvalue weighted by atomic mass is 19.4. The van der Waals surface area contributed by atoms with Crippen LogP contribution in [0.2, 0.25) is 0 Å². The number of ether oxygens (including phenoxy) is 1. The summed E-state index contributed by atoms with van der Waals surface area (Å²) in [6.07, 6.45) is -0.0351. The van der Waals surface area contributed by atoms with E-state index < -0.39 is 6.36 Å². The number of hydrogen-bond acceptors (Lipinski definition) is 3. The fourth-order valence-corrected chi connectivity index (χ4v) is 3.95. The van der Waals surface area contributed by atoms with E-state index >= 15 is 0 Å². The van der Waals surface area contributed by atoms with Gasteiger partial charge in [-0.25, -0.2) is 0 Å². The van der Waals surface area contributed by atoms with Crippen molar-refractivity contribution >= 4 is 0 Å². The van der Waals surface area contributed by atoms with Crippen LogP contribution in [0.3, 0.4) is 0 Å². The summed E-state index contributed by atoms with van der Waals surface area (Å²) in [5.41, 5.74) is 0.777. The molecule has 133 valence electrons. The van der Waals surface area contributed by atoms with E-state index in [2.05, 4.69) is 9.64 Å². The molecule has 2 heterocycles. The molecule has 2 unspecified atom stereocenters. The van der Waals surface area contributed by atoms with E-state index in [1.165, 1.54) is 12.1 Å². The predicted octanol–water partition coefficient (Wildman–Crippen LogP) is 4.50. The number of benzene rings is 1. The second kappa shape index (κ2) is 6.41. The zero-order valence-corrected chi connectivity index (χ0v) is 13.6. The van der Waals surface area contributed by atoms with Crippen molar-refractivity contribution in [2.45, 2.75) is 19.3 Å². The van der Waals surface area contributed by atoms with Crippen molar-refractivity contribution in [3.8, 4) is 5.75 Å². The van der Waals surface area contributed by atoms with E-state index in [0.717, 1.165) is 37.4 Å². The van der Waals surface area contributed by atoms with Crippen LogP contribution in [0.4, 0.5) is 13.2 Å². The van der Waals surface area contributed by atoms with Crippen LogP contribution in [0, 0.1) is 24.2 Å². The Labute approximate surface area is 144 Å². The summed E-state index contributed by atoms with van der Waals surface area (Å²) >= 11 is 0. The van der Waals surface area contributed by atoms with Crippen molar-refractivity contribution < 1.29 is 22.3 Å². The highest BCUT2D eigenvalue weighted by molar-refractivity contribution is 5.33. The van der Waals surface area contributed by atoms with Crippen molar-refractivity contribution in [1.82, 2.24) is 4.90 Å². The number of furan rings is 1. The van der Waals surface area contributed by atoms with Gasteiger partial charge in [-0.2, -0.15) is 0 Å². The third-order valence-corrected chi connectivity index (χ3v) is 5.12. The molecule has 3 nitrogen and oxygen atoms in total. The van der Waals surface area contributed by atoms with Gasteiger partial charge in [0.1, 0.15) is 11.5 Å². The standard InChI is InChI=1S/C19H19F3NO2/c20-19(21,22)25-14-4-1-3-13(9-14)6-7-16-17-11-23(12-18(16)17)10-15-5-2-8-24-15/h1-6,8-9,16-18H,7,10-12H2. The summed E-state index contributed by atoms with van der Waals surface area (Å²) in [5, 5.41) is 0. The van der Waals surface area contributed by atoms with Gasteiger partial charge in [-0.1, -0.05) is 12.1 Å². The Bertz CT molecular complexity index is 702. The van der Waals surface area contributed by atoms with Crippen LogP contribution in [-0.2, 0) is 6.54 Å². The van der Waals surface area contributed by atoms with Crippen molar-refractivity contribution in [1.29, 1.82) is 0 Å². The number of hydrogen-bond donors (Lipinski definition) is 0. The van der Waals surface area contributed by atoms with Crippen molar-refractivity contribution in [3.63, 3.8) is 0 Å². The Morgan fingerprint density at radius 3 is 2.64 bits per heavy atom. The third kappa shape index (κ3) is 4.00. The summed E-state index contributed by atoms with van der Waals surface area (Å²) in [6.45, 7) is 3.00. The lowest BCUT2D eigenvalue weighted by Gasteiger charge is -2.18. The zero-order valence-electron chi connectivity index (χ0n) is 13.6. The van der Waals surface area contributed by atoms with Crippen LogP contribution in [0.25, 0.3) is 0 Å². The van der Waals surface area contributed by atoms with E-state index in [1.807, 2.05) is 24.6 Å². The molecule has 2 aliphatic rings. The number of fused-ring (bicyclic) bond motifs is 1. The molecule has 0 bridgehead atoms. The first-order valence-electron chi connectivity index (χ1n) is 8.42. The van der Waals surface area contributed by atoms with E-state index in [9.17, 15) is 13.2 Å². The minimum Gasteiger partial charge on any atom is -0.468 e. The maximum atomic E-state index is 12.3. The summed E-state index contributed by atoms with van der Waals surface area (Å²) < 4.78 is 46.2. The topological polar surface area (TPSA) is 25.6 Å². The molecule has 0 amide bonds. The molecule has 1 radical (unpaired) electrons. The molecule has 0 spiro atoms. The van der Waals surface area contributed by atoms with Crippen LogP contribution in [0.5, 0.6) is 5.75 Å². The molecule has 1 aliphatic heterocycles. The monoisotopic (exact) mass is 350 g/mol. The predicted molar refractivity (Wildman–Crippen MR) is 85.6 cm³/mol. The Hall–Kier alpha value is -1.95. The van der Waals surface area contributed by atoms with Gasteiger partial charge in [0.2, 0.25) is 0 Å². The SMILES string of the molecule is FC(F)(F)Oc1cccc([CH]CC2C3CN(Cc4ccco4)CC23)c1. The smallest absolute Gasteiger partial charge is 0.468 e. The van der Waals surface area contributed by atoms with Crippen molar-refractivity contribution in [2.75, 3.05) is 13.1 Å². The summed E-state index contributed by atoms with van der Waals surface area (Å²) in [5.74, 6) is 2.86. The van der Waals surface area contributed by atoms with Crippen LogP contribution in [0.15, 0.2) is 47.1 Å². The molecule has 2 atom stereocenters. The molecule has 1 aliphatic carbocycles. The van der Waals surface area contributed by atoms with E-state index in [-0.39, 0.29) is 5.75 Å². The Balaban J connectivity index is 1.24. The lowest BCUT2D eigenvalue weighted by Crippen LogP contribution is -2.23. The molecular formula is C19H19F3NO2. The molecule has 6 heteroatoms. The average molecular weight is 350 g/mol. The highest BCUT2D eigenvalue weighted by Gasteiger charge is 2.54. The van der Waals surface area contributed by atoms with Crippen molar-refractivity contribution in [2.24, 2.45) is 17.8 Å². The van der Waals surface area contributed by atoms with E-state index in [1.54, 1.807) is 12.3 Å². The van der Waals surface area contributed by atoms with Gasteiger partial charge < -0.3 is 9.15 Å². The molecule has 25 heavy (non-hydrogen) atoms. The molecule has 1 aromatic carbocycles. The van der Waals surface area contributed by atoms with Gasteiger partial charge in [0.25, 0.3) is 0 Å². The number of rotatable bonds is 6. The van der Waals surface area contributed by atoms with Gasteiger partial charge in [-0.15, -0.1) is 13.2 Å². The first kappa shape index (κ1) is 16.5. The lowest BCUT2D eigenvalue weighted by molar-refractivity contribution is -0.274. The normalized spacial score (nSPS) is 25.8. The summed E-state index contributed by atoms with van der Waals surface area (Å²) in [4.78, 5) is 2.41. The highest BCUT2D eigenvalue weighted by Crippen LogP contribution is 2.54. The van der Waals surface area contributed by atoms with Gasteiger partial charge in [0.05, 0.1) is 12.8 Å². The second-order valence-electron chi connectivity index (χ2n) is 6.83. The number of likely N-dealkylation sites (tertiary alicyclic amines) is 1. The van der Waals surface area contributed by atoms with Crippen LogP contribution < -0.4 is 4.74 Å². The maximum Gasteiger partial charge on any atom is 0.573 e. The van der Waals surface area contributed by atoms with Crippen LogP contribution >= 0.6 is 0 Å². The van der Waals surface area contributed by atoms with E-state index in [4.69, 9.17) is 4.42 Å². The first-order chi connectivity index (χ1) is 12.0. The molecule has 1 saturated carbocycles. The molecule has 4 rings (SSSR count). The van der Waals surface area contributed by atoms with Gasteiger partial charge in [-0.05, 0) is 60.4 Å². The number of alkyl halides is 3. The fourth-order valence-electron chi connectivity index (χ4n) is 3.95. The van der Waals surface area contributed by atoms with Gasteiger partial charge in [-0.3, -0.25) is 4.90 Å². The number of piperidine rings is 1. The molecule has 1 saturated heterocycles. The number of halogens is 3. The molecular weight excluding hydrogens is 331 g/mol. The summed E-state index contributed by atoms with van der Waals surface area (Å²) in [7, 11) is 0. The van der Waals surface area contributed by atoms with E-state index in [0.29, 0.717) is 17.8 Å². The number of nitrogens with zero attached hydrogens (tertiary/aromatic N) is 1. The largest absolute Gasteiger partial charge is 0.573 e. The van der Waals surface area contributed by atoms with Crippen molar-refractivity contribution in [3.05, 3.63) is 60.4 Å². The zero-order chi connectivity index (χ0) is 17.4. The molecule has 2 fully saturated rings. The minimum absolute atomic E-state index is 0.165. The minimum atomic E-state index is -4.65. The maximum absolute atomic E-state index is 12.3. The van der Waals surface area contributed by atoms with Gasteiger partial charge in [0, 0.05) is 13.1 Å². The Kier molecular flexibility index (Phi) is 4.23. The fraction of sp³-hybridized carbons (Fsp3) is 0.421. The molecule has 2 aromatic rings. The van der Waals surface area contributed by atoms with Gasteiger partial charge >= 0.3 is 6.36 Å². The Morgan fingerprint density at radius 1 is 1.16 bits per heavy atom. The quantitative estimate of drug-likeness (QED) is 0.767. The van der Waals surface area contributed by atoms with Gasteiger partial charge in [0.15, 0.2) is 0 Å². The van der Waals surface area contributed by atoms with Crippen LogP contribution in [0.1, 0.15) is 17.7 Å². The third-order valence-electron chi connectivity index (χ3n) is 5.12. The average Bonchev–Trinajstić information content (AvgIpc) is 2.94. The molecule has 1 aromatic heterocycles. The first-order valence-corrected chi connectivity index (χ1v) is 8.42. The Morgan fingerprint density at radius 2 is 1.96 bits per heavy atom. The second-order valence-corrected chi connectivity index (χ2v) is 6.83. The summed E-state index contributed by atoms with van der Waals surface area (Å²) in [6, 6.07) is 10.1. The van der Waals surface area contributed by atoms with Crippen LogP contribution in [-0.4, -0.2) is 24.4 Å². The molecule has 0 N–H and O–H groups in total.